The number of benzene rings is 1. The highest BCUT2D eigenvalue weighted by Crippen LogP contribution is 2.52. The number of ether oxygens (including phenoxy) is 2. The number of pyridine rings is 1. The Morgan fingerprint density at radius 3 is 2.70 bits per heavy atom. The Bertz CT molecular complexity index is 1540. The van der Waals surface area contributed by atoms with Gasteiger partial charge in [-0.05, 0) is 63.8 Å². The number of nitriles is 1. The van der Waals surface area contributed by atoms with E-state index in [2.05, 4.69) is 36.6 Å². The number of halogens is 1. The number of anilines is 1. The van der Waals surface area contributed by atoms with Crippen molar-refractivity contribution in [2.75, 3.05) is 24.5 Å². The van der Waals surface area contributed by atoms with Crippen molar-refractivity contribution in [2.24, 2.45) is 11.3 Å². The highest BCUT2D eigenvalue weighted by molar-refractivity contribution is 5.97. The lowest BCUT2D eigenvalue weighted by Gasteiger charge is -2.59. The summed E-state index contributed by atoms with van der Waals surface area (Å²) >= 11 is 0. The lowest BCUT2D eigenvalue weighted by molar-refractivity contribution is -0.0349. The summed E-state index contributed by atoms with van der Waals surface area (Å²) in [6.45, 7) is 7.11. The minimum absolute atomic E-state index is 0.0950. The van der Waals surface area contributed by atoms with Crippen LogP contribution in [0.5, 0.6) is 17.2 Å². The van der Waals surface area contributed by atoms with E-state index in [0.717, 1.165) is 69.7 Å². The Morgan fingerprint density at radius 2 is 2.00 bits per heavy atom. The third-order valence-electron chi connectivity index (χ3n) is 8.68. The van der Waals surface area contributed by atoms with E-state index in [1.54, 1.807) is 6.20 Å². The normalized spacial score (nSPS) is 18.5. The second-order valence-corrected chi connectivity index (χ2v) is 12.5. The second kappa shape index (κ2) is 12.7. The predicted octanol–water partition coefficient (Wildman–Crippen LogP) is 4.94. The number of hydrogen-bond acceptors (Lipinski definition) is 9. The summed E-state index contributed by atoms with van der Waals surface area (Å²) in [7, 11) is 0. The van der Waals surface area contributed by atoms with Crippen LogP contribution in [0.1, 0.15) is 67.6 Å². The molecular formula is C33H38FN7O3. The minimum Gasteiger partial charge on any atom is -0.490 e. The highest BCUT2D eigenvalue weighted by atomic mass is 19.1. The van der Waals surface area contributed by atoms with E-state index in [1.807, 2.05) is 26.1 Å². The van der Waals surface area contributed by atoms with Gasteiger partial charge in [0.25, 0.3) is 5.91 Å². The Hall–Kier alpha value is -4.30. The molecule has 0 bridgehead atoms. The van der Waals surface area contributed by atoms with Gasteiger partial charge in [0, 0.05) is 67.4 Å². The van der Waals surface area contributed by atoms with Gasteiger partial charge in [0.2, 0.25) is 0 Å². The maximum Gasteiger partial charge on any atom is 0.255 e. The van der Waals surface area contributed by atoms with Gasteiger partial charge in [-0.2, -0.15) is 5.26 Å². The summed E-state index contributed by atoms with van der Waals surface area (Å²) in [6, 6.07) is 7.99. The van der Waals surface area contributed by atoms with Crippen molar-refractivity contribution in [3.63, 3.8) is 0 Å². The zero-order chi connectivity index (χ0) is 30.7. The van der Waals surface area contributed by atoms with Gasteiger partial charge >= 0.3 is 0 Å². The molecule has 2 saturated carbocycles. The number of nitrogens with zero attached hydrogens (tertiary/aromatic N) is 5. The van der Waals surface area contributed by atoms with E-state index >= 15 is 0 Å². The number of fused-ring (bicyclic) bond motifs is 1. The summed E-state index contributed by atoms with van der Waals surface area (Å²) in [6.07, 6.45) is 11.6. The molecule has 1 saturated heterocycles. The number of amides is 1. The molecule has 1 amide bonds. The van der Waals surface area contributed by atoms with Crippen molar-refractivity contribution < 1.29 is 18.7 Å². The average molecular weight is 600 g/mol. The van der Waals surface area contributed by atoms with Crippen molar-refractivity contribution in [3.8, 4) is 23.3 Å². The molecule has 230 valence electrons. The number of carbonyl (C=O) groups excluding carboxylic acids is 1. The molecule has 1 aromatic carbocycles. The largest absolute Gasteiger partial charge is 0.490 e. The van der Waals surface area contributed by atoms with Crippen molar-refractivity contribution in [1.29, 1.82) is 5.26 Å². The van der Waals surface area contributed by atoms with E-state index in [1.165, 1.54) is 36.5 Å². The Morgan fingerprint density at radius 1 is 1.18 bits per heavy atom. The van der Waals surface area contributed by atoms with Crippen molar-refractivity contribution in [3.05, 3.63) is 65.6 Å². The molecule has 2 N–H and O–H groups in total. The molecule has 1 spiro atoms. The molecule has 0 atom stereocenters. The Labute approximate surface area is 257 Å². The van der Waals surface area contributed by atoms with Crippen LogP contribution < -0.4 is 25.0 Å². The second-order valence-electron chi connectivity index (χ2n) is 12.5. The molecule has 3 fully saturated rings. The number of carbonyl (C=O) groups is 1. The van der Waals surface area contributed by atoms with Crippen LogP contribution in [-0.4, -0.2) is 52.6 Å². The maximum atomic E-state index is 14.0. The van der Waals surface area contributed by atoms with Crippen LogP contribution in [-0.2, 0) is 13.0 Å². The monoisotopic (exact) mass is 599 g/mol. The fourth-order valence-electron chi connectivity index (χ4n) is 6.18. The quantitative estimate of drug-likeness (QED) is 0.388. The SMILES string of the molecule is CC(C)NC(=O)c1cc(F)ccc1Oc1cncnc1N1CC2(CC(Oc3ccnc4c3CNCC4)C2)C1.N#CC1CCC1. The Kier molecular flexibility index (Phi) is 8.62. The molecule has 3 aromatic rings. The molecule has 0 unspecified atom stereocenters. The molecule has 2 aliphatic carbocycles. The minimum atomic E-state index is -0.509. The summed E-state index contributed by atoms with van der Waals surface area (Å²) in [5.41, 5.74) is 2.63. The lowest BCUT2D eigenvalue weighted by atomic mass is 9.61. The molecule has 11 heteroatoms. The third kappa shape index (κ3) is 6.45. The first-order valence-corrected chi connectivity index (χ1v) is 15.4. The predicted molar refractivity (Wildman–Crippen MR) is 162 cm³/mol. The van der Waals surface area contributed by atoms with E-state index in [4.69, 9.17) is 14.7 Å². The van der Waals surface area contributed by atoms with Gasteiger partial charge in [-0.1, -0.05) is 6.42 Å². The van der Waals surface area contributed by atoms with Crippen LogP contribution in [0.25, 0.3) is 0 Å². The van der Waals surface area contributed by atoms with Gasteiger partial charge in [0.05, 0.1) is 17.8 Å². The van der Waals surface area contributed by atoms with Crippen LogP contribution in [0.3, 0.4) is 0 Å². The number of aromatic nitrogens is 3. The number of nitrogens with one attached hydrogen (secondary N) is 2. The van der Waals surface area contributed by atoms with Gasteiger partial charge in [-0.15, -0.1) is 0 Å². The summed E-state index contributed by atoms with van der Waals surface area (Å²) in [4.78, 5) is 27.9. The van der Waals surface area contributed by atoms with Crippen molar-refractivity contribution in [1.82, 2.24) is 25.6 Å². The zero-order valence-corrected chi connectivity index (χ0v) is 25.2. The molecular weight excluding hydrogens is 561 g/mol. The fraction of sp³-hybridized carbons (Fsp3) is 0.485. The highest BCUT2D eigenvalue weighted by Gasteiger charge is 2.54. The summed E-state index contributed by atoms with van der Waals surface area (Å²) in [5.74, 6) is 1.79. The molecule has 4 heterocycles. The van der Waals surface area contributed by atoms with Gasteiger partial charge < -0.3 is 25.0 Å². The molecule has 7 rings (SSSR count). The molecule has 10 nitrogen and oxygen atoms in total. The summed E-state index contributed by atoms with van der Waals surface area (Å²) in [5, 5.41) is 14.3. The molecule has 44 heavy (non-hydrogen) atoms. The Balaban J connectivity index is 0.000000513. The van der Waals surface area contributed by atoms with E-state index in [0.29, 0.717) is 17.5 Å². The first-order chi connectivity index (χ1) is 21.3. The maximum absolute atomic E-state index is 14.0. The van der Waals surface area contributed by atoms with E-state index in [9.17, 15) is 9.18 Å². The van der Waals surface area contributed by atoms with Gasteiger partial charge in [-0.3, -0.25) is 9.78 Å². The lowest BCUT2D eigenvalue weighted by Crippen LogP contribution is -2.65. The molecule has 0 radical (unpaired) electrons. The summed E-state index contributed by atoms with van der Waals surface area (Å²) < 4.78 is 26.4. The van der Waals surface area contributed by atoms with Crippen LogP contribution >= 0.6 is 0 Å². The fourth-order valence-corrected chi connectivity index (χ4v) is 6.18. The topological polar surface area (TPSA) is 125 Å². The number of hydrogen-bond donors (Lipinski definition) is 2. The molecule has 2 aromatic heterocycles. The van der Waals surface area contributed by atoms with E-state index < -0.39 is 11.7 Å². The van der Waals surface area contributed by atoms with Crippen LogP contribution in [0, 0.1) is 28.5 Å². The van der Waals surface area contributed by atoms with Gasteiger partial charge in [0.1, 0.15) is 29.7 Å². The zero-order valence-electron chi connectivity index (χ0n) is 25.2. The van der Waals surface area contributed by atoms with E-state index in [-0.39, 0.29) is 28.9 Å². The smallest absolute Gasteiger partial charge is 0.255 e. The van der Waals surface area contributed by atoms with Crippen LogP contribution in [0.15, 0.2) is 43.0 Å². The standard InChI is InChI=1S/C28H31FN6O3.C5H7N/c1-17(2)34-27(36)20-9-18(29)3-4-23(20)38-25-13-31-16-33-26(25)35-14-28(15-35)10-19(11-28)37-24-6-8-32-22-5-7-30-12-21(22)24;6-4-5-2-1-3-5/h3-4,6,8-9,13,16-17,19,30H,5,7,10-12,14-15H2,1-2H3,(H,34,36);5H,1-3H2. The third-order valence-corrected chi connectivity index (χ3v) is 8.68. The number of rotatable bonds is 7. The average Bonchev–Trinajstić information content (AvgIpc) is 2.94. The van der Waals surface area contributed by atoms with Gasteiger partial charge in [-0.25, -0.2) is 14.4 Å². The van der Waals surface area contributed by atoms with Crippen LogP contribution in [0.2, 0.25) is 0 Å². The first-order valence-electron chi connectivity index (χ1n) is 15.4. The first kappa shape index (κ1) is 29.8. The van der Waals surface area contributed by atoms with Crippen molar-refractivity contribution in [2.45, 2.75) is 71.1 Å². The van der Waals surface area contributed by atoms with Crippen LogP contribution in [0.4, 0.5) is 10.2 Å². The molecule has 4 aliphatic rings. The van der Waals surface area contributed by atoms with Gasteiger partial charge in [0.15, 0.2) is 11.6 Å². The van der Waals surface area contributed by atoms with Crippen molar-refractivity contribution >= 4 is 11.7 Å². The molecule has 2 aliphatic heterocycles.